The molecule has 0 amide bonds. The quantitative estimate of drug-likeness (QED) is 0.419. The first-order valence-electron chi connectivity index (χ1n) is 3.60. The summed E-state index contributed by atoms with van der Waals surface area (Å²) < 4.78 is 0. The number of hydrogen-bond acceptors (Lipinski definition) is 1. The SMILES string of the molecule is C/C=C\C=C/C(CC)=NC. The Morgan fingerprint density at radius 2 is 2.10 bits per heavy atom. The molecule has 0 bridgehead atoms. The van der Waals surface area contributed by atoms with E-state index in [1.165, 1.54) is 0 Å². The summed E-state index contributed by atoms with van der Waals surface area (Å²) in [5.41, 5.74) is 1.14. The third-order valence-corrected chi connectivity index (χ3v) is 1.24. The molecule has 1 nitrogen and oxygen atoms in total. The van der Waals surface area contributed by atoms with Crippen molar-refractivity contribution in [1.29, 1.82) is 0 Å². The molecule has 0 spiro atoms. The van der Waals surface area contributed by atoms with Gasteiger partial charge in [-0.15, -0.1) is 0 Å². The van der Waals surface area contributed by atoms with Gasteiger partial charge in [-0.3, -0.25) is 4.99 Å². The van der Waals surface area contributed by atoms with Gasteiger partial charge in [-0.25, -0.2) is 0 Å². The monoisotopic (exact) mass is 137 g/mol. The average molecular weight is 137 g/mol. The second-order valence-electron chi connectivity index (χ2n) is 1.95. The smallest absolute Gasteiger partial charge is 0.0342 e. The highest BCUT2D eigenvalue weighted by Crippen LogP contribution is 1.87. The molecule has 0 aliphatic heterocycles. The van der Waals surface area contributed by atoms with Gasteiger partial charge in [0, 0.05) is 12.8 Å². The zero-order valence-corrected chi connectivity index (χ0v) is 6.96. The largest absolute Gasteiger partial charge is 0.293 e. The van der Waals surface area contributed by atoms with Gasteiger partial charge < -0.3 is 0 Å². The average Bonchev–Trinajstić information content (AvgIpc) is 1.99. The Morgan fingerprint density at radius 3 is 2.50 bits per heavy atom. The molecular weight excluding hydrogens is 122 g/mol. The van der Waals surface area contributed by atoms with E-state index in [-0.39, 0.29) is 0 Å². The zero-order valence-electron chi connectivity index (χ0n) is 6.96. The van der Waals surface area contributed by atoms with Crippen molar-refractivity contribution in [1.82, 2.24) is 0 Å². The fraction of sp³-hybridized carbons (Fsp3) is 0.444. The van der Waals surface area contributed by atoms with Gasteiger partial charge in [0.25, 0.3) is 0 Å². The Bertz CT molecular complexity index is 152. The fourth-order valence-corrected chi connectivity index (χ4v) is 0.628. The summed E-state index contributed by atoms with van der Waals surface area (Å²) >= 11 is 0. The minimum absolute atomic E-state index is 1.00. The molecule has 0 rings (SSSR count). The van der Waals surface area contributed by atoms with E-state index in [1.807, 2.05) is 38.3 Å². The van der Waals surface area contributed by atoms with Gasteiger partial charge in [-0.05, 0) is 19.4 Å². The summed E-state index contributed by atoms with van der Waals surface area (Å²) in [7, 11) is 1.82. The van der Waals surface area contributed by atoms with Crippen LogP contribution in [0.4, 0.5) is 0 Å². The van der Waals surface area contributed by atoms with Gasteiger partial charge in [0.2, 0.25) is 0 Å². The van der Waals surface area contributed by atoms with Crippen molar-refractivity contribution in [2.45, 2.75) is 20.3 Å². The summed E-state index contributed by atoms with van der Waals surface area (Å²) in [5, 5.41) is 0. The van der Waals surface area contributed by atoms with E-state index in [4.69, 9.17) is 0 Å². The minimum atomic E-state index is 1.00. The molecule has 0 unspecified atom stereocenters. The van der Waals surface area contributed by atoms with Crippen molar-refractivity contribution in [2.75, 3.05) is 7.05 Å². The van der Waals surface area contributed by atoms with Crippen LogP contribution in [0.15, 0.2) is 29.3 Å². The van der Waals surface area contributed by atoms with Crippen molar-refractivity contribution in [3.63, 3.8) is 0 Å². The Morgan fingerprint density at radius 1 is 1.40 bits per heavy atom. The second kappa shape index (κ2) is 6.27. The molecular formula is C9H15N. The Labute approximate surface area is 63.2 Å². The number of hydrogen-bond donors (Lipinski definition) is 0. The minimum Gasteiger partial charge on any atom is -0.293 e. The van der Waals surface area contributed by atoms with E-state index in [0.29, 0.717) is 0 Å². The normalized spacial score (nSPS) is 13.7. The third-order valence-electron chi connectivity index (χ3n) is 1.24. The van der Waals surface area contributed by atoms with Gasteiger partial charge in [-0.2, -0.15) is 0 Å². The van der Waals surface area contributed by atoms with Crippen molar-refractivity contribution in [2.24, 2.45) is 4.99 Å². The maximum absolute atomic E-state index is 4.07. The molecule has 0 aromatic carbocycles. The van der Waals surface area contributed by atoms with Crippen LogP contribution in [0.2, 0.25) is 0 Å². The zero-order chi connectivity index (χ0) is 7.82. The van der Waals surface area contributed by atoms with E-state index < -0.39 is 0 Å². The highest BCUT2D eigenvalue weighted by atomic mass is 14.7. The molecule has 1 heteroatoms. The Balaban J connectivity index is 3.85. The molecule has 0 radical (unpaired) electrons. The maximum Gasteiger partial charge on any atom is 0.0342 e. The van der Waals surface area contributed by atoms with Crippen molar-refractivity contribution < 1.29 is 0 Å². The standard InChI is InChI=1S/C9H15N/c1-4-6-7-8-9(5-2)10-3/h4,6-8H,5H2,1-3H3/b6-4-,8-7-,10-9?. The van der Waals surface area contributed by atoms with Crippen LogP contribution in [0, 0.1) is 0 Å². The fourth-order valence-electron chi connectivity index (χ4n) is 0.628. The topological polar surface area (TPSA) is 12.4 Å². The summed E-state index contributed by atoms with van der Waals surface area (Å²) in [6.45, 7) is 4.10. The summed E-state index contributed by atoms with van der Waals surface area (Å²) in [6, 6.07) is 0. The maximum atomic E-state index is 4.07. The van der Waals surface area contributed by atoms with Crippen LogP contribution < -0.4 is 0 Å². The summed E-state index contributed by atoms with van der Waals surface area (Å²) in [5.74, 6) is 0. The van der Waals surface area contributed by atoms with Gasteiger partial charge >= 0.3 is 0 Å². The van der Waals surface area contributed by atoms with Crippen LogP contribution in [0.3, 0.4) is 0 Å². The van der Waals surface area contributed by atoms with Gasteiger partial charge in [0.05, 0.1) is 0 Å². The Hall–Kier alpha value is -0.850. The van der Waals surface area contributed by atoms with Crippen molar-refractivity contribution >= 4 is 5.71 Å². The molecule has 0 aromatic rings. The summed E-state index contributed by atoms with van der Waals surface area (Å²) in [6.07, 6.45) is 9.04. The van der Waals surface area contributed by atoms with E-state index in [2.05, 4.69) is 11.9 Å². The summed E-state index contributed by atoms with van der Waals surface area (Å²) in [4.78, 5) is 4.07. The van der Waals surface area contributed by atoms with E-state index in [1.54, 1.807) is 0 Å². The number of aliphatic imine (C=N–C) groups is 1. The van der Waals surface area contributed by atoms with Crippen molar-refractivity contribution in [3.05, 3.63) is 24.3 Å². The predicted octanol–water partition coefficient (Wildman–Crippen LogP) is 2.60. The van der Waals surface area contributed by atoms with Crippen LogP contribution in [-0.2, 0) is 0 Å². The van der Waals surface area contributed by atoms with Crippen LogP contribution >= 0.6 is 0 Å². The molecule has 0 N–H and O–H groups in total. The predicted molar refractivity (Wildman–Crippen MR) is 47.6 cm³/mol. The third kappa shape index (κ3) is 4.07. The molecule has 0 heterocycles. The molecule has 0 aliphatic carbocycles. The van der Waals surface area contributed by atoms with Crippen LogP contribution in [0.5, 0.6) is 0 Å². The number of rotatable bonds is 3. The van der Waals surface area contributed by atoms with Crippen LogP contribution in [0.1, 0.15) is 20.3 Å². The van der Waals surface area contributed by atoms with E-state index >= 15 is 0 Å². The first-order valence-corrected chi connectivity index (χ1v) is 3.60. The lowest BCUT2D eigenvalue weighted by Crippen LogP contribution is -1.87. The molecule has 0 saturated carbocycles. The molecule has 0 fully saturated rings. The van der Waals surface area contributed by atoms with E-state index in [9.17, 15) is 0 Å². The van der Waals surface area contributed by atoms with Crippen molar-refractivity contribution in [3.8, 4) is 0 Å². The van der Waals surface area contributed by atoms with Gasteiger partial charge in [-0.1, -0.05) is 25.2 Å². The molecule has 0 aliphatic rings. The number of nitrogens with zero attached hydrogens (tertiary/aromatic N) is 1. The molecule has 0 saturated heterocycles. The van der Waals surface area contributed by atoms with Gasteiger partial charge in [0.1, 0.15) is 0 Å². The lowest BCUT2D eigenvalue weighted by atomic mass is 10.2. The first-order chi connectivity index (χ1) is 4.85. The van der Waals surface area contributed by atoms with E-state index in [0.717, 1.165) is 12.1 Å². The Kier molecular flexibility index (Phi) is 5.74. The lowest BCUT2D eigenvalue weighted by Gasteiger charge is -1.89. The first kappa shape index (κ1) is 9.15. The van der Waals surface area contributed by atoms with Gasteiger partial charge in [0.15, 0.2) is 0 Å². The van der Waals surface area contributed by atoms with Crippen LogP contribution in [0.25, 0.3) is 0 Å². The lowest BCUT2D eigenvalue weighted by molar-refractivity contribution is 1.26. The molecule has 56 valence electrons. The number of allylic oxidation sites excluding steroid dienone is 4. The second-order valence-corrected chi connectivity index (χ2v) is 1.95. The highest BCUT2D eigenvalue weighted by molar-refractivity contribution is 5.94. The van der Waals surface area contributed by atoms with Crippen LogP contribution in [-0.4, -0.2) is 12.8 Å². The molecule has 10 heavy (non-hydrogen) atoms. The molecule has 0 aromatic heterocycles. The molecule has 0 atom stereocenters. The highest BCUT2D eigenvalue weighted by Gasteiger charge is 1.82.